The van der Waals surface area contributed by atoms with Crippen molar-refractivity contribution in [3.8, 4) is 0 Å². The molecule has 1 fully saturated rings. The average Bonchev–Trinajstić information content (AvgIpc) is 2.53. The topological polar surface area (TPSA) is 41.1 Å². The second kappa shape index (κ2) is 5.14. The van der Waals surface area contributed by atoms with Crippen molar-refractivity contribution in [2.24, 2.45) is 0 Å². The highest BCUT2D eigenvalue weighted by atomic mass is 16.1. The summed E-state index contributed by atoms with van der Waals surface area (Å²) in [6.07, 6.45) is 5.65. The van der Waals surface area contributed by atoms with Crippen molar-refractivity contribution in [1.82, 2.24) is 10.6 Å². The highest BCUT2D eigenvalue weighted by Crippen LogP contribution is 2.11. The van der Waals surface area contributed by atoms with Crippen LogP contribution in [0.3, 0.4) is 0 Å². The molecule has 2 atom stereocenters. The molecule has 0 spiro atoms. The zero-order chi connectivity index (χ0) is 8.81. The van der Waals surface area contributed by atoms with E-state index in [1.54, 1.807) is 0 Å². The highest BCUT2D eigenvalue weighted by molar-refractivity contribution is 5.46. The lowest BCUT2D eigenvalue weighted by Crippen LogP contribution is -2.28. The van der Waals surface area contributed by atoms with Crippen molar-refractivity contribution in [2.45, 2.75) is 44.7 Å². The summed E-state index contributed by atoms with van der Waals surface area (Å²) in [5.74, 6) is 0. The van der Waals surface area contributed by atoms with Crippen LogP contribution in [0.25, 0.3) is 0 Å². The van der Waals surface area contributed by atoms with Gasteiger partial charge in [0.05, 0.1) is 0 Å². The Labute approximate surface area is 73.9 Å². The molecule has 1 aliphatic heterocycles. The molecule has 3 heteroatoms. The van der Waals surface area contributed by atoms with Gasteiger partial charge >= 0.3 is 0 Å². The van der Waals surface area contributed by atoms with Crippen LogP contribution in [-0.4, -0.2) is 25.0 Å². The predicted molar refractivity (Wildman–Crippen MR) is 48.9 cm³/mol. The van der Waals surface area contributed by atoms with Crippen LogP contribution >= 0.6 is 0 Å². The molecule has 1 aliphatic rings. The molecule has 3 nitrogen and oxygen atoms in total. The predicted octanol–water partition coefficient (Wildman–Crippen LogP) is 0.653. The Hall–Kier alpha value is -0.570. The van der Waals surface area contributed by atoms with Crippen LogP contribution in [0.15, 0.2) is 0 Å². The second-order valence-corrected chi connectivity index (χ2v) is 3.56. The zero-order valence-corrected chi connectivity index (χ0v) is 7.68. The van der Waals surface area contributed by atoms with E-state index >= 15 is 0 Å². The molecular weight excluding hydrogens is 152 g/mol. The SMILES string of the molecule is CC(CCC1CCCN1)NC=O. The van der Waals surface area contributed by atoms with Gasteiger partial charge in [0.2, 0.25) is 6.41 Å². The molecule has 1 heterocycles. The van der Waals surface area contributed by atoms with Crippen LogP contribution in [0.5, 0.6) is 0 Å². The van der Waals surface area contributed by atoms with E-state index in [0.29, 0.717) is 12.1 Å². The van der Waals surface area contributed by atoms with E-state index in [4.69, 9.17) is 0 Å². The second-order valence-electron chi connectivity index (χ2n) is 3.56. The Morgan fingerprint density at radius 1 is 1.75 bits per heavy atom. The maximum Gasteiger partial charge on any atom is 0.207 e. The average molecular weight is 170 g/mol. The molecule has 0 aliphatic carbocycles. The molecule has 0 aromatic heterocycles. The molecular formula is C9H18N2O. The van der Waals surface area contributed by atoms with Gasteiger partial charge in [-0.1, -0.05) is 0 Å². The smallest absolute Gasteiger partial charge is 0.207 e. The maximum atomic E-state index is 10.1. The first-order chi connectivity index (χ1) is 5.83. The van der Waals surface area contributed by atoms with Crippen molar-refractivity contribution >= 4 is 6.41 Å². The van der Waals surface area contributed by atoms with E-state index < -0.39 is 0 Å². The van der Waals surface area contributed by atoms with E-state index in [2.05, 4.69) is 10.6 Å². The van der Waals surface area contributed by atoms with Crippen molar-refractivity contribution in [3.05, 3.63) is 0 Å². The van der Waals surface area contributed by atoms with Gasteiger partial charge in [-0.05, 0) is 39.2 Å². The molecule has 1 saturated heterocycles. The molecule has 0 saturated carbocycles. The fraction of sp³-hybridized carbons (Fsp3) is 0.889. The number of amides is 1. The lowest BCUT2D eigenvalue weighted by atomic mass is 10.1. The third-order valence-corrected chi connectivity index (χ3v) is 2.46. The summed E-state index contributed by atoms with van der Waals surface area (Å²) in [6.45, 7) is 3.21. The third-order valence-electron chi connectivity index (χ3n) is 2.46. The molecule has 0 aromatic carbocycles. The van der Waals surface area contributed by atoms with Crippen LogP contribution < -0.4 is 10.6 Å². The van der Waals surface area contributed by atoms with Gasteiger partial charge in [0, 0.05) is 12.1 Å². The van der Waals surface area contributed by atoms with Crippen LogP contribution in [0.2, 0.25) is 0 Å². The molecule has 1 rings (SSSR count). The van der Waals surface area contributed by atoms with E-state index in [9.17, 15) is 4.79 Å². The lowest BCUT2D eigenvalue weighted by molar-refractivity contribution is -0.110. The normalized spacial score (nSPS) is 25.2. The zero-order valence-electron chi connectivity index (χ0n) is 7.68. The Balaban J connectivity index is 2.03. The Bertz CT molecular complexity index is 132. The number of nitrogens with one attached hydrogen (secondary N) is 2. The monoisotopic (exact) mass is 170 g/mol. The van der Waals surface area contributed by atoms with Gasteiger partial charge in [0.1, 0.15) is 0 Å². The first-order valence-corrected chi connectivity index (χ1v) is 4.76. The molecule has 1 amide bonds. The first kappa shape index (κ1) is 9.52. The van der Waals surface area contributed by atoms with Crippen molar-refractivity contribution in [1.29, 1.82) is 0 Å². The first-order valence-electron chi connectivity index (χ1n) is 4.76. The summed E-state index contributed by atoms with van der Waals surface area (Å²) in [7, 11) is 0. The lowest BCUT2D eigenvalue weighted by Gasteiger charge is -2.13. The minimum atomic E-state index is 0.324. The van der Waals surface area contributed by atoms with Gasteiger partial charge in [-0.15, -0.1) is 0 Å². The molecule has 2 N–H and O–H groups in total. The van der Waals surface area contributed by atoms with E-state index in [1.165, 1.54) is 25.8 Å². The number of carbonyl (C=O) groups is 1. The van der Waals surface area contributed by atoms with E-state index in [0.717, 1.165) is 12.8 Å². The van der Waals surface area contributed by atoms with Gasteiger partial charge in [0.25, 0.3) is 0 Å². The number of hydrogen-bond donors (Lipinski definition) is 2. The van der Waals surface area contributed by atoms with Crippen LogP contribution in [-0.2, 0) is 4.79 Å². The van der Waals surface area contributed by atoms with Crippen molar-refractivity contribution in [2.75, 3.05) is 6.54 Å². The summed E-state index contributed by atoms with van der Waals surface area (Å²) in [4.78, 5) is 10.1. The van der Waals surface area contributed by atoms with Gasteiger partial charge in [-0.25, -0.2) is 0 Å². The Morgan fingerprint density at radius 3 is 3.17 bits per heavy atom. The van der Waals surface area contributed by atoms with E-state index in [-0.39, 0.29) is 0 Å². The third kappa shape index (κ3) is 3.22. The minimum Gasteiger partial charge on any atom is -0.356 e. The summed E-state index contributed by atoms with van der Waals surface area (Å²) < 4.78 is 0. The maximum absolute atomic E-state index is 10.1. The van der Waals surface area contributed by atoms with Gasteiger partial charge in [-0.2, -0.15) is 0 Å². The summed E-state index contributed by atoms with van der Waals surface area (Å²) in [6, 6.07) is 1.02. The van der Waals surface area contributed by atoms with Crippen LogP contribution in [0.4, 0.5) is 0 Å². The quantitative estimate of drug-likeness (QED) is 0.595. The number of carbonyl (C=O) groups excluding carboxylic acids is 1. The fourth-order valence-electron chi connectivity index (χ4n) is 1.65. The van der Waals surface area contributed by atoms with Crippen LogP contribution in [0.1, 0.15) is 32.6 Å². The Morgan fingerprint density at radius 2 is 2.58 bits per heavy atom. The Kier molecular flexibility index (Phi) is 4.08. The minimum absolute atomic E-state index is 0.324. The molecule has 70 valence electrons. The molecule has 0 aromatic rings. The summed E-state index contributed by atoms with van der Waals surface area (Å²) >= 11 is 0. The fourth-order valence-corrected chi connectivity index (χ4v) is 1.65. The molecule has 0 bridgehead atoms. The van der Waals surface area contributed by atoms with Crippen molar-refractivity contribution in [3.63, 3.8) is 0 Å². The number of hydrogen-bond acceptors (Lipinski definition) is 2. The summed E-state index contributed by atoms with van der Waals surface area (Å²) in [5.41, 5.74) is 0. The van der Waals surface area contributed by atoms with Gasteiger partial charge in [-0.3, -0.25) is 4.79 Å². The highest BCUT2D eigenvalue weighted by Gasteiger charge is 2.14. The van der Waals surface area contributed by atoms with E-state index in [1.807, 2.05) is 6.92 Å². The summed E-state index contributed by atoms with van der Waals surface area (Å²) in [5, 5.41) is 6.20. The number of rotatable bonds is 5. The standard InChI is InChI=1S/C9H18N2O/c1-8(11-7-12)4-5-9-3-2-6-10-9/h7-10H,2-6H2,1H3,(H,11,12). The van der Waals surface area contributed by atoms with Crippen LogP contribution in [0, 0.1) is 0 Å². The van der Waals surface area contributed by atoms with Crippen molar-refractivity contribution < 1.29 is 4.79 Å². The molecule has 2 unspecified atom stereocenters. The molecule has 12 heavy (non-hydrogen) atoms. The van der Waals surface area contributed by atoms with Gasteiger partial charge < -0.3 is 10.6 Å². The van der Waals surface area contributed by atoms with Gasteiger partial charge in [0.15, 0.2) is 0 Å². The largest absolute Gasteiger partial charge is 0.356 e. The molecule has 0 radical (unpaired) electrons.